The van der Waals surface area contributed by atoms with Crippen molar-refractivity contribution in [1.29, 1.82) is 0 Å². The van der Waals surface area contributed by atoms with E-state index in [2.05, 4.69) is 15.5 Å². The number of rotatable bonds is 6. The van der Waals surface area contributed by atoms with Gasteiger partial charge in [0, 0.05) is 17.1 Å². The number of nitrogens with two attached hydrogens (primary N) is 1. The number of benzene rings is 2. The predicted molar refractivity (Wildman–Crippen MR) is 120 cm³/mol. The highest BCUT2D eigenvalue weighted by Gasteiger charge is 2.20. The number of hydrogen-bond acceptors (Lipinski definition) is 6. The highest BCUT2D eigenvalue weighted by Crippen LogP contribution is 2.37. The van der Waals surface area contributed by atoms with Crippen molar-refractivity contribution in [2.24, 2.45) is 0 Å². The summed E-state index contributed by atoms with van der Waals surface area (Å²) in [5, 5.41) is 14.0. The first-order chi connectivity index (χ1) is 14.5. The minimum Gasteiger partial charge on any atom is -0.497 e. The van der Waals surface area contributed by atoms with Gasteiger partial charge in [-0.3, -0.25) is 4.57 Å². The smallest absolute Gasteiger partial charge is 0.162 e. The monoisotopic (exact) mass is 403 g/mol. The second-order valence-corrected chi connectivity index (χ2v) is 6.97. The Kier molecular flexibility index (Phi) is 5.18. The lowest BCUT2D eigenvalue weighted by Crippen LogP contribution is -2.02. The molecule has 3 N–H and O–H groups in total. The molecule has 0 spiro atoms. The predicted octanol–water partition coefficient (Wildman–Crippen LogP) is 4.77. The van der Waals surface area contributed by atoms with Gasteiger partial charge >= 0.3 is 0 Å². The van der Waals surface area contributed by atoms with Crippen LogP contribution in [0.3, 0.4) is 0 Å². The van der Waals surface area contributed by atoms with Crippen LogP contribution in [-0.4, -0.2) is 28.5 Å². The number of nitrogen functional groups attached to an aromatic ring is 1. The number of anilines is 3. The van der Waals surface area contributed by atoms with Crippen LogP contribution in [0.1, 0.15) is 18.3 Å². The van der Waals surface area contributed by atoms with Crippen LogP contribution in [0.5, 0.6) is 11.5 Å². The van der Waals surface area contributed by atoms with Crippen LogP contribution in [0.25, 0.3) is 16.5 Å². The summed E-state index contributed by atoms with van der Waals surface area (Å²) in [6.45, 7) is 6.56. The topological polar surface area (TPSA) is 87.2 Å². The molecule has 4 aromatic rings. The zero-order chi connectivity index (χ0) is 21.3. The summed E-state index contributed by atoms with van der Waals surface area (Å²) >= 11 is 0. The van der Waals surface area contributed by atoms with Crippen LogP contribution < -0.4 is 20.5 Å². The molecule has 2 heterocycles. The standard InChI is InChI=1S/C23H25N5O2/c1-5-30-19-12-8-17(9-13-19)28-15(3)21-20(22(28)24)14(2)26-27-23(21)25-16-6-10-18(29-4)11-7-16/h6-13H,5,24H2,1-4H3,(H,25,27). The lowest BCUT2D eigenvalue weighted by molar-refractivity contribution is 0.340. The van der Waals surface area contributed by atoms with E-state index in [1.54, 1.807) is 7.11 Å². The van der Waals surface area contributed by atoms with Gasteiger partial charge in [0.05, 0.1) is 30.2 Å². The van der Waals surface area contributed by atoms with Gasteiger partial charge in [-0.1, -0.05) is 0 Å². The maximum absolute atomic E-state index is 6.59. The summed E-state index contributed by atoms with van der Waals surface area (Å²) in [5.41, 5.74) is 10.2. The molecule has 0 amide bonds. The molecule has 0 saturated carbocycles. The fraction of sp³-hybridized carbons (Fsp3) is 0.217. The lowest BCUT2D eigenvalue weighted by Gasteiger charge is -2.10. The molecule has 0 aliphatic heterocycles. The lowest BCUT2D eigenvalue weighted by atomic mass is 10.2. The van der Waals surface area contributed by atoms with E-state index in [0.29, 0.717) is 18.2 Å². The van der Waals surface area contributed by atoms with Gasteiger partial charge in [-0.25, -0.2) is 0 Å². The van der Waals surface area contributed by atoms with Crippen molar-refractivity contribution in [3.05, 3.63) is 59.9 Å². The molecule has 2 aromatic heterocycles. The van der Waals surface area contributed by atoms with Gasteiger partial charge in [0.15, 0.2) is 5.82 Å². The van der Waals surface area contributed by atoms with Gasteiger partial charge < -0.3 is 20.5 Å². The molecule has 4 rings (SSSR count). The van der Waals surface area contributed by atoms with E-state index >= 15 is 0 Å². The van der Waals surface area contributed by atoms with Crippen molar-refractivity contribution in [2.75, 3.05) is 24.8 Å². The maximum atomic E-state index is 6.59. The SMILES string of the molecule is CCOc1ccc(-n2c(C)c3c(Nc4ccc(OC)cc4)nnc(C)c3c2N)cc1. The molecule has 0 aliphatic rings. The summed E-state index contributed by atoms with van der Waals surface area (Å²) < 4.78 is 12.8. The molecule has 0 radical (unpaired) electrons. The summed E-state index contributed by atoms with van der Waals surface area (Å²) in [7, 11) is 1.65. The maximum Gasteiger partial charge on any atom is 0.162 e. The van der Waals surface area contributed by atoms with Crippen molar-refractivity contribution >= 4 is 28.1 Å². The molecule has 7 nitrogen and oxygen atoms in total. The summed E-state index contributed by atoms with van der Waals surface area (Å²) in [5.74, 6) is 2.92. The van der Waals surface area contributed by atoms with Crippen LogP contribution >= 0.6 is 0 Å². The first kappa shape index (κ1) is 19.6. The molecule has 0 saturated heterocycles. The third-order valence-electron chi connectivity index (χ3n) is 5.10. The molecule has 0 bridgehead atoms. The molecule has 0 unspecified atom stereocenters. The van der Waals surface area contributed by atoms with E-state index in [4.69, 9.17) is 15.2 Å². The molecular weight excluding hydrogens is 378 g/mol. The van der Waals surface area contributed by atoms with Crippen molar-refractivity contribution in [3.63, 3.8) is 0 Å². The quantitative estimate of drug-likeness (QED) is 0.482. The number of nitrogens with one attached hydrogen (secondary N) is 1. The second-order valence-electron chi connectivity index (χ2n) is 6.97. The van der Waals surface area contributed by atoms with Crippen LogP contribution in [0.15, 0.2) is 48.5 Å². The summed E-state index contributed by atoms with van der Waals surface area (Å²) in [6.07, 6.45) is 0. The zero-order valence-electron chi connectivity index (χ0n) is 17.6. The summed E-state index contributed by atoms with van der Waals surface area (Å²) in [6, 6.07) is 15.6. The molecule has 0 atom stereocenters. The minimum atomic E-state index is 0.630. The Hall–Kier alpha value is -3.74. The number of hydrogen-bond donors (Lipinski definition) is 2. The van der Waals surface area contributed by atoms with Gasteiger partial charge in [0.2, 0.25) is 0 Å². The third-order valence-corrected chi connectivity index (χ3v) is 5.10. The van der Waals surface area contributed by atoms with E-state index in [9.17, 15) is 0 Å². The fourth-order valence-electron chi connectivity index (χ4n) is 3.68. The van der Waals surface area contributed by atoms with E-state index < -0.39 is 0 Å². The highest BCUT2D eigenvalue weighted by molar-refractivity contribution is 6.04. The van der Waals surface area contributed by atoms with Gasteiger partial charge in [-0.05, 0) is 69.3 Å². The van der Waals surface area contributed by atoms with Gasteiger partial charge in [0.1, 0.15) is 17.3 Å². The van der Waals surface area contributed by atoms with Crippen LogP contribution in [-0.2, 0) is 0 Å². The van der Waals surface area contributed by atoms with E-state index in [-0.39, 0.29) is 0 Å². The van der Waals surface area contributed by atoms with Gasteiger partial charge in [-0.15, -0.1) is 5.10 Å². The van der Waals surface area contributed by atoms with E-state index in [1.165, 1.54) is 0 Å². The van der Waals surface area contributed by atoms with E-state index in [1.807, 2.05) is 73.9 Å². The molecular formula is C23H25N5O2. The second kappa shape index (κ2) is 7.94. The Morgan fingerprint density at radius 1 is 0.933 bits per heavy atom. The molecule has 30 heavy (non-hydrogen) atoms. The van der Waals surface area contributed by atoms with Gasteiger partial charge in [0.25, 0.3) is 0 Å². The summed E-state index contributed by atoms with van der Waals surface area (Å²) in [4.78, 5) is 0. The van der Waals surface area contributed by atoms with Crippen molar-refractivity contribution in [3.8, 4) is 17.2 Å². The zero-order valence-corrected chi connectivity index (χ0v) is 17.6. The number of fused-ring (bicyclic) bond motifs is 1. The van der Waals surface area contributed by atoms with Crippen LogP contribution in [0, 0.1) is 13.8 Å². The fourth-order valence-corrected chi connectivity index (χ4v) is 3.68. The first-order valence-corrected chi connectivity index (χ1v) is 9.81. The third kappa shape index (κ3) is 3.39. The molecule has 0 aliphatic carbocycles. The number of ether oxygens (including phenoxy) is 2. The van der Waals surface area contributed by atoms with Crippen molar-refractivity contribution in [2.45, 2.75) is 20.8 Å². The van der Waals surface area contributed by atoms with Crippen LogP contribution in [0.4, 0.5) is 17.3 Å². The minimum absolute atomic E-state index is 0.630. The number of aromatic nitrogens is 3. The Morgan fingerprint density at radius 3 is 2.23 bits per heavy atom. The van der Waals surface area contributed by atoms with Crippen molar-refractivity contribution in [1.82, 2.24) is 14.8 Å². The largest absolute Gasteiger partial charge is 0.497 e. The van der Waals surface area contributed by atoms with E-state index in [0.717, 1.165) is 45.0 Å². The van der Waals surface area contributed by atoms with Gasteiger partial charge in [-0.2, -0.15) is 5.10 Å². The van der Waals surface area contributed by atoms with Crippen LogP contribution in [0.2, 0.25) is 0 Å². The average Bonchev–Trinajstić information content (AvgIpc) is 3.03. The van der Waals surface area contributed by atoms with Crippen molar-refractivity contribution < 1.29 is 9.47 Å². The first-order valence-electron chi connectivity index (χ1n) is 9.81. The number of nitrogens with zero attached hydrogens (tertiary/aromatic N) is 3. The Morgan fingerprint density at radius 2 is 1.60 bits per heavy atom. The number of methoxy groups -OCH3 is 1. The Balaban J connectivity index is 1.82. The Labute approximate surface area is 175 Å². The Bertz CT molecular complexity index is 1180. The molecule has 7 heteroatoms. The molecule has 0 fully saturated rings. The molecule has 154 valence electrons. The molecule has 2 aromatic carbocycles. The number of aryl methyl sites for hydroxylation is 2. The highest BCUT2D eigenvalue weighted by atomic mass is 16.5. The average molecular weight is 403 g/mol. The normalized spacial score (nSPS) is 10.9.